The van der Waals surface area contributed by atoms with Gasteiger partial charge < -0.3 is 4.74 Å². The molecule has 2 aliphatic carbocycles. The molecule has 0 spiro atoms. The van der Waals surface area contributed by atoms with Crippen molar-refractivity contribution in [1.29, 1.82) is 0 Å². The normalized spacial score (nSPS) is 19.1. The molecule has 144 valence electrons. The lowest BCUT2D eigenvalue weighted by atomic mass is 9.98. The van der Waals surface area contributed by atoms with Crippen LogP contribution in [0.5, 0.6) is 0 Å². The number of hydrogen-bond donors (Lipinski definition) is 0. The Morgan fingerprint density at radius 1 is 0.808 bits per heavy atom. The van der Waals surface area contributed by atoms with Crippen molar-refractivity contribution in [2.24, 2.45) is 5.41 Å². The van der Waals surface area contributed by atoms with E-state index in [1.54, 1.807) is 0 Å². The number of rotatable bonds is 14. The highest BCUT2D eigenvalue weighted by molar-refractivity contribution is 5.39. The molecule has 3 rings (SSSR count). The molecule has 26 heavy (non-hydrogen) atoms. The first-order chi connectivity index (χ1) is 12.6. The maximum atomic E-state index is 10.5. The molecule has 0 N–H and O–H groups in total. The highest BCUT2D eigenvalue weighted by Gasteiger charge is 2.44. The van der Waals surface area contributed by atoms with E-state index >= 15 is 0 Å². The van der Waals surface area contributed by atoms with E-state index in [1.807, 2.05) is 0 Å². The van der Waals surface area contributed by atoms with Gasteiger partial charge in [0.05, 0.1) is 0 Å². The van der Waals surface area contributed by atoms with Crippen molar-refractivity contribution in [3.8, 4) is 0 Å². The standard InChI is InChI=1S/C24H36O2/c1-23(16-17-23)14-6-3-2-4-8-21-10-12-22(13-11-21)9-5-7-15-24(18-19-24)26-20-25/h10-13,20H,2-9,14-19H2,1H3. The molecule has 0 aliphatic heterocycles. The summed E-state index contributed by atoms with van der Waals surface area (Å²) in [6.45, 7) is 3.07. The lowest BCUT2D eigenvalue weighted by Crippen LogP contribution is -2.12. The van der Waals surface area contributed by atoms with Gasteiger partial charge in [-0.25, -0.2) is 0 Å². The van der Waals surface area contributed by atoms with Crippen LogP contribution >= 0.6 is 0 Å². The average molecular weight is 357 g/mol. The minimum Gasteiger partial charge on any atom is -0.461 e. The molecule has 0 aromatic heterocycles. The van der Waals surface area contributed by atoms with Gasteiger partial charge in [0.25, 0.3) is 6.47 Å². The van der Waals surface area contributed by atoms with Crippen molar-refractivity contribution in [3.05, 3.63) is 35.4 Å². The van der Waals surface area contributed by atoms with Crippen LogP contribution in [-0.4, -0.2) is 12.1 Å². The molecule has 1 aromatic rings. The predicted octanol–water partition coefficient (Wildman–Crippen LogP) is 6.40. The van der Waals surface area contributed by atoms with Gasteiger partial charge in [0.15, 0.2) is 0 Å². The Morgan fingerprint density at radius 2 is 1.35 bits per heavy atom. The van der Waals surface area contributed by atoms with Crippen LogP contribution in [-0.2, 0) is 22.4 Å². The minimum absolute atomic E-state index is 0.0814. The second-order valence-electron chi connectivity index (χ2n) is 9.15. The number of ether oxygens (including phenoxy) is 1. The number of hydrogen-bond acceptors (Lipinski definition) is 2. The highest BCUT2D eigenvalue weighted by Crippen LogP contribution is 2.49. The summed E-state index contributed by atoms with van der Waals surface area (Å²) >= 11 is 0. The summed E-state index contributed by atoms with van der Waals surface area (Å²) in [4.78, 5) is 10.5. The van der Waals surface area contributed by atoms with Crippen molar-refractivity contribution >= 4 is 6.47 Å². The van der Waals surface area contributed by atoms with E-state index in [1.165, 1.54) is 68.9 Å². The zero-order chi connectivity index (χ0) is 18.3. The van der Waals surface area contributed by atoms with Crippen LogP contribution in [0.15, 0.2) is 24.3 Å². The summed E-state index contributed by atoms with van der Waals surface area (Å²) in [5, 5.41) is 0. The van der Waals surface area contributed by atoms with Gasteiger partial charge in [-0.15, -0.1) is 0 Å². The van der Waals surface area contributed by atoms with E-state index in [9.17, 15) is 4.79 Å². The Kier molecular flexibility index (Phi) is 6.78. The molecule has 0 bridgehead atoms. The fraction of sp³-hybridized carbons (Fsp3) is 0.708. The molecule has 0 unspecified atom stereocenters. The van der Waals surface area contributed by atoms with E-state index in [4.69, 9.17) is 4.74 Å². The van der Waals surface area contributed by atoms with Gasteiger partial charge in [-0.3, -0.25) is 4.79 Å². The van der Waals surface area contributed by atoms with Crippen molar-refractivity contribution < 1.29 is 9.53 Å². The molecular formula is C24H36O2. The third-order valence-corrected chi connectivity index (χ3v) is 6.58. The molecule has 0 amide bonds. The Balaban J connectivity index is 1.23. The fourth-order valence-corrected chi connectivity index (χ4v) is 4.01. The van der Waals surface area contributed by atoms with Crippen LogP contribution in [0.25, 0.3) is 0 Å². The molecule has 0 atom stereocenters. The molecule has 0 radical (unpaired) electrons. The minimum atomic E-state index is -0.0814. The Bertz CT molecular complexity index is 552. The van der Waals surface area contributed by atoms with Gasteiger partial charge >= 0.3 is 0 Å². The van der Waals surface area contributed by atoms with Gasteiger partial charge in [0.2, 0.25) is 0 Å². The monoisotopic (exact) mass is 356 g/mol. The van der Waals surface area contributed by atoms with Crippen molar-refractivity contribution in [3.63, 3.8) is 0 Å². The third-order valence-electron chi connectivity index (χ3n) is 6.58. The molecule has 0 heterocycles. The maximum absolute atomic E-state index is 10.5. The van der Waals surface area contributed by atoms with Gasteiger partial charge in [0, 0.05) is 0 Å². The summed E-state index contributed by atoms with van der Waals surface area (Å²) < 4.78 is 5.21. The van der Waals surface area contributed by atoms with Crippen molar-refractivity contribution in [2.45, 2.75) is 102 Å². The maximum Gasteiger partial charge on any atom is 0.293 e. The topological polar surface area (TPSA) is 26.3 Å². The van der Waals surface area contributed by atoms with E-state index < -0.39 is 0 Å². The van der Waals surface area contributed by atoms with E-state index in [0.717, 1.165) is 37.5 Å². The van der Waals surface area contributed by atoms with E-state index in [2.05, 4.69) is 31.2 Å². The van der Waals surface area contributed by atoms with Crippen molar-refractivity contribution in [2.75, 3.05) is 0 Å². The van der Waals surface area contributed by atoms with Crippen LogP contribution in [0.2, 0.25) is 0 Å². The fourth-order valence-electron chi connectivity index (χ4n) is 4.01. The third kappa shape index (κ3) is 6.45. The molecule has 0 saturated heterocycles. The van der Waals surface area contributed by atoms with E-state index in [0.29, 0.717) is 6.47 Å². The van der Waals surface area contributed by atoms with Crippen LogP contribution in [0.3, 0.4) is 0 Å². The molecule has 2 saturated carbocycles. The first-order valence-corrected chi connectivity index (χ1v) is 10.8. The summed E-state index contributed by atoms with van der Waals surface area (Å²) in [6.07, 6.45) is 17.7. The number of carbonyl (C=O) groups is 1. The van der Waals surface area contributed by atoms with Crippen LogP contribution in [0.1, 0.15) is 95.1 Å². The van der Waals surface area contributed by atoms with Gasteiger partial charge in [-0.05, 0) is 87.2 Å². The van der Waals surface area contributed by atoms with Crippen LogP contribution in [0, 0.1) is 5.41 Å². The highest BCUT2D eigenvalue weighted by atomic mass is 16.5. The number of carbonyl (C=O) groups excluding carboxylic acids is 1. The molecule has 2 fully saturated rings. The van der Waals surface area contributed by atoms with Crippen LogP contribution < -0.4 is 0 Å². The lowest BCUT2D eigenvalue weighted by molar-refractivity contribution is -0.135. The molecule has 2 nitrogen and oxygen atoms in total. The largest absolute Gasteiger partial charge is 0.461 e. The summed E-state index contributed by atoms with van der Waals surface area (Å²) in [7, 11) is 0. The number of unbranched alkanes of at least 4 members (excludes halogenated alkanes) is 4. The van der Waals surface area contributed by atoms with Crippen molar-refractivity contribution in [1.82, 2.24) is 0 Å². The summed E-state index contributed by atoms with van der Waals surface area (Å²) in [5.41, 5.74) is 3.57. The number of aryl methyl sites for hydroxylation is 2. The first kappa shape index (κ1) is 19.5. The second kappa shape index (κ2) is 9.06. The summed E-state index contributed by atoms with van der Waals surface area (Å²) in [6, 6.07) is 9.24. The molecule has 2 aliphatic rings. The first-order valence-electron chi connectivity index (χ1n) is 10.8. The van der Waals surface area contributed by atoms with Gasteiger partial charge in [-0.1, -0.05) is 50.5 Å². The number of benzene rings is 1. The second-order valence-corrected chi connectivity index (χ2v) is 9.15. The Hall–Kier alpha value is -1.31. The molecular weight excluding hydrogens is 320 g/mol. The van der Waals surface area contributed by atoms with Crippen LogP contribution in [0.4, 0.5) is 0 Å². The zero-order valence-electron chi connectivity index (χ0n) is 16.6. The lowest BCUT2D eigenvalue weighted by Gasteiger charge is -2.12. The summed E-state index contributed by atoms with van der Waals surface area (Å²) in [5.74, 6) is 0. The average Bonchev–Trinajstić information content (AvgIpc) is 3.56. The SMILES string of the molecule is CC1(CCCCCCc2ccc(CCCCC3(OC=O)CC3)cc2)CC1. The molecule has 2 heteroatoms. The van der Waals surface area contributed by atoms with Gasteiger partial charge in [-0.2, -0.15) is 0 Å². The van der Waals surface area contributed by atoms with E-state index in [-0.39, 0.29) is 5.60 Å². The predicted molar refractivity (Wildman–Crippen MR) is 107 cm³/mol. The zero-order valence-corrected chi connectivity index (χ0v) is 16.6. The smallest absolute Gasteiger partial charge is 0.293 e. The van der Waals surface area contributed by atoms with Gasteiger partial charge in [0.1, 0.15) is 5.60 Å². The Labute approximate surface area is 159 Å². The Morgan fingerprint density at radius 3 is 1.88 bits per heavy atom. The quantitative estimate of drug-likeness (QED) is 0.285. The molecule has 1 aromatic carbocycles.